The summed E-state index contributed by atoms with van der Waals surface area (Å²) >= 11 is 3.31. The van der Waals surface area contributed by atoms with Crippen molar-refractivity contribution >= 4 is 27.7 Å². The average molecular weight is 442 g/mol. The average Bonchev–Trinajstić information content (AvgIpc) is 3.00. The number of nitrogens with zero attached hydrogens (tertiary/aromatic N) is 1. The highest BCUT2D eigenvalue weighted by Gasteiger charge is 2.19. The summed E-state index contributed by atoms with van der Waals surface area (Å²) in [5.74, 6) is -0.0143. The molecule has 0 aliphatic heterocycles. The predicted octanol–water partition coefficient (Wildman–Crippen LogP) is 4.90. The van der Waals surface area contributed by atoms with E-state index in [9.17, 15) is 9.59 Å². The van der Waals surface area contributed by atoms with E-state index in [1.54, 1.807) is 31.4 Å². The number of hydrogen-bond donors (Lipinski definition) is 0. The number of halogens is 1. The van der Waals surface area contributed by atoms with Crippen molar-refractivity contribution in [3.05, 3.63) is 81.6 Å². The maximum atomic E-state index is 12.7. The summed E-state index contributed by atoms with van der Waals surface area (Å²) in [4.78, 5) is 24.9. The molecule has 1 heterocycles. The molecule has 6 heteroatoms. The van der Waals surface area contributed by atoms with Crippen molar-refractivity contribution in [2.45, 2.75) is 13.8 Å². The van der Waals surface area contributed by atoms with Crippen LogP contribution in [0.4, 0.5) is 0 Å². The Morgan fingerprint density at radius 1 is 1.00 bits per heavy atom. The second-order valence-electron chi connectivity index (χ2n) is 6.30. The van der Waals surface area contributed by atoms with E-state index >= 15 is 0 Å². The molecule has 0 atom stereocenters. The van der Waals surface area contributed by atoms with Gasteiger partial charge in [0.05, 0.1) is 12.7 Å². The van der Waals surface area contributed by atoms with E-state index in [-0.39, 0.29) is 12.4 Å². The lowest BCUT2D eigenvalue weighted by atomic mass is 10.1. The van der Waals surface area contributed by atoms with Gasteiger partial charge in [0.15, 0.2) is 6.61 Å². The molecule has 0 bridgehead atoms. The summed E-state index contributed by atoms with van der Waals surface area (Å²) in [6.07, 6.45) is 0. The number of esters is 1. The maximum absolute atomic E-state index is 12.7. The number of aromatic nitrogens is 1. The molecule has 0 saturated heterocycles. The Morgan fingerprint density at radius 2 is 1.68 bits per heavy atom. The lowest BCUT2D eigenvalue weighted by molar-refractivity contribution is 0.0473. The standard InChI is InChI=1S/C22H20BrNO4/c1-14-12-19(15(2)24(14)16-8-10-17(27-3)11-9-16)21(25)13-28-22(26)18-6-4-5-7-20(18)23/h4-12H,13H2,1-3H3. The van der Waals surface area contributed by atoms with Gasteiger partial charge in [0.2, 0.25) is 5.78 Å². The molecule has 0 saturated carbocycles. The summed E-state index contributed by atoms with van der Waals surface area (Å²) in [7, 11) is 1.62. The van der Waals surface area contributed by atoms with Gasteiger partial charge in [-0.05, 0) is 72.2 Å². The van der Waals surface area contributed by atoms with Crippen LogP contribution in [0.3, 0.4) is 0 Å². The summed E-state index contributed by atoms with van der Waals surface area (Å²) in [6, 6.07) is 16.4. The Morgan fingerprint density at radius 3 is 2.32 bits per heavy atom. The zero-order valence-electron chi connectivity index (χ0n) is 15.9. The number of hydrogen-bond acceptors (Lipinski definition) is 4. The maximum Gasteiger partial charge on any atom is 0.339 e. The van der Waals surface area contributed by atoms with E-state index in [2.05, 4.69) is 15.9 Å². The second kappa shape index (κ2) is 8.44. The lowest BCUT2D eigenvalue weighted by Crippen LogP contribution is -2.15. The molecular formula is C22H20BrNO4. The van der Waals surface area contributed by atoms with Crippen LogP contribution in [0.1, 0.15) is 32.1 Å². The molecule has 0 radical (unpaired) electrons. The van der Waals surface area contributed by atoms with Crippen LogP contribution >= 0.6 is 15.9 Å². The molecule has 0 fully saturated rings. The molecule has 1 aromatic heterocycles. The monoisotopic (exact) mass is 441 g/mol. The largest absolute Gasteiger partial charge is 0.497 e. The van der Waals surface area contributed by atoms with Gasteiger partial charge in [0.25, 0.3) is 0 Å². The zero-order valence-corrected chi connectivity index (χ0v) is 17.4. The minimum Gasteiger partial charge on any atom is -0.497 e. The topological polar surface area (TPSA) is 57.5 Å². The van der Waals surface area contributed by atoms with Crippen molar-refractivity contribution < 1.29 is 19.1 Å². The van der Waals surface area contributed by atoms with Gasteiger partial charge in [-0.1, -0.05) is 12.1 Å². The van der Waals surface area contributed by atoms with Gasteiger partial charge < -0.3 is 14.0 Å². The quantitative estimate of drug-likeness (QED) is 0.402. The lowest BCUT2D eigenvalue weighted by Gasteiger charge is -2.11. The van der Waals surface area contributed by atoms with E-state index in [0.29, 0.717) is 15.6 Å². The summed E-state index contributed by atoms with van der Waals surface area (Å²) in [6.45, 7) is 3.49. The Balaban J connectivity index is 1.77. The SMILES string of the molecule is COc1ccc(-n2c(C)cc(C(=O)COC(=O)c3ccccc3Br)c2C)cc1. The second-order valence-corrected chi connectivity index (χ2v) is 7.15. The van der Waals surface area contributed by atoms with Gasteiger partial charge in [0.1, 0.15) is 5.75 Å². The number of Topliss-reactive ketones (excluding diaryl/α,β-unsaturated/α-hetero) is 1. The highest BCUT2D eigenvalue weighted by Crippen LogP contribution is 2.23. The van der Waals surface area contributed by atoms with Crippen LogP contribution in [0, 0.1) is 13.8 Å². The first-order valence-electron chi connectivity index (χ1n) is 8.70. The molecule has 144 valence electrons. The predicted molar refractivity (Wildman–Crippen MR) is 111 cm³/mol. The van der Waals surface area contributed by atoms with E-state index in [1.165, 1.54) is 0 Å². The number of rotatable bonds is 6. The fourth-order valence-corrected chi connectivity index (χ4v) is 3.53. The third-order valence-electron chi connectivity index (χ3n) is 4.49. The van der Waals surface area contributed by atoms with Crippen LogP contribution in [0.5, 0.6) is 5.75 Å². The minimum atomic E-state index is -0.537. The van der Waals surface area contributed by atoms with Crippen LogP contribution < -0.4 is 4.74 Å². The van der Waals surface area contributed by atoms with Crippen LogP contribution in [0.25, 0.3) is 5.69 Å². The molecule has 3 rings (SSSR count). The van der Waals surface area contributed by atoms with Crippen molar-refractivity contribution in [2.24, 2.45) is 0 Å². The van der Waals surface area contributed by atoms with Crippen LogP contribution in [-0.4, -0.2) is 30.0 Å². The fraction of sp³-hybridized carbons (Fsp3) is 0.182. The third-order valence-corrected chi connectivity index (χ3v) is 5.18. The first-order chi connectivity index (χ1) is 13.4. The van der Waals surface area contributed by atoms with Crippen LogP contribution in [0.2, 0.25) is 0 Å². The highest BCUT2D eigenvalue weighted by atomic mass is 79.9. The Hall–Kier alpha value is -2.86. The number of carbonyl (C=O) groups excluding carboxylic acids is 2. The third kappa shape index (κ3) is 4.02. The summed E-state index contributed by atoms with van der Waals surface area (Å²) < 4.78 is 13.0. The van der Waals surface area contributed by atoms with Crippen molar-refractivity contribution in [2.75, 3.05) is 13.7 Å². The van der Waals surface area contributed by atoms with E-state index in [0.717, 1.165) is 22.8 Å². The number of carbonyl (C=O) groups is 2. The van der Waals surface area contributed by atoms with Crippen LogP contribution in [-0.2, 0) is 4.74 Å². The molecule has 2 aromatic carbocycles. The Kier molecular flexibility index (Phi) is 5.99. The van der Waals surface area contributed by atoms with Crippen molar-refractivity contribution in [1.29, 1.82) is 0 Å². The number of methoxy groups -OCH3 is 1. The van der Waals surface area contributed by atoms with Gasteiger partial charge in [0, 0.05) is 27.1 Å². The van der Waals surface area contributed by atoms with Crippen molar-refractivity contribution in [3.8, 4) is 11.4 Å². The molecule has 0 aliphatic rings. The zero-order chi connectivity index (χ0) is 20.3. The van der Waals surface area contributed by atoms with E-state index in [4.69, 9.17) is 9.47 Å². The minimum absolute atomic E-state index is 0.242. The molecule has 5 nitrogen and oxygen atoms in total. The van der Waals surface area contributed by atoms with Crippen molar-refractivity contribution in [3.63, 3.8) is 0 Å². The molecule has 3 aromatic rings. The van der Waals surface area contributed by atoms with Crippen LogP contribution in [0.15, 0.2) is 59.1 Å². The van der Waals surface area contributed by atoms with Gasteiger partial charge in [-0.2, -0.15) is 0 Å². The first kappa shape index (κ1) is 19.9. The van der Waals surface area contributed by atoms with Crippen molar-refractivity contribution in [1.82, 2.24) is 4.57 Å². The molecule has 0 N–H and O–H groups in total. The molecule has 0 amide bonds. The van der Waals surface area contributed by atoms with Gasteiger partial charge >= 0.3 is 5.97 Å². The van der Waals surface area contributed by atoms with Gasteiger partial charge in [-0.25, -0.2) is 4.79 Å². The molecule has 0 unspecified atom stereocenters. The highest BCUT2D eigenvalue weighted by molar-refractivity contribution is 9.10. The number of ketones is 1. The first-order valence-corrected chi connectivity index (χ1v) is 9.50. The summed E-state index contributed by atoms with van der Waals surface area (Å²) in [5, 5.41) is 0. The Bertz CT molecular complexity index is 1020. The molecular weight excluding hydrogens is 422 g/mol. The number of aryl methyl sites for hydroxylation is 1. The molecule has 0 spiro atoms. The smallest absolute Gasteiger partial charge is 0.339 e. The number of ether oxygens (including phenoxy) is 2. The van der Waals surface area contributed by atoms with E-state index in [1.807, 2.05) is 48.7 Å². The molecule has 28 heavy (non-hydrogen) atoms. The fourth-order valence-electron chi connectivity index (χ4n) is 3.09. The summed E-state index contributed by atoms with van der Waals surface area (Å²) in [5.41, 5.74) is 3.57. The molecule has 0 aliphatic carbocycles. The number of benzene rings is 2. The van der Waals surface area contributed by atoms with Gasteiger partial charge in [-0.15, -0.1) is 0 Å². The van der Waals surface area contributed by atoms with E-state index < -0.39 is 5.97 Å². The Labute approximate surface area is 172 Å². The van der Waals surface area contributed by atoms with Gasteiger partial charge in [-0.3, -0.25) is 4.79 Å². The normalized spacial score (nSPS) is 10.6.